The fourth-order valence-corrected chi connectivity index (χ4v) is 4.33. The Balaban J connectivity index is 1.16. The van der Waals surface area contributed by atoms with Gasteiger partial charge in [0.2, 0.25) is 0 Å². The Morgan fingerprint density at radius 3 is 2.64 bits per heavy atom. The van der Waals surface area contributed by atoms with Crippen molar-refractivity contribution in [3.8, 4) is 11.1 Å². The topological polar surface area (TPSA) is 114 Å². The Morgan fingerprint density at radius 1 is 1.05 bits per heavy atom. The van der Waals surface area contributed by atoms with Gasteiger partial charge in [-0.15, -0.1) is 5.10 Å². The molecule has 4 aromatic rings. The first-order valence-corrected chi connectivity index (χ1v) is 12.6. The lowest BCUT2D eigenvalue weighted by atomic mass is 10.1. The van der Waals surface area contributed by atoms with Crippen molar-refractivity contribution >= 4 is 28.6 Å². The van der Waals surface area contributed by atoms with E-state index in [1.54, 1.807) is 18.6 Å². The van der Waals surface area contributed by atoms with Gasteiger partial charge in [-0.3, -0.25) is 19.4 Å². The summed E-state index contributed by atoms with van der Waals surface area (Å²) >= 11 is 0. The molecule has 204 valence electrons. The molecule has 13 heteroatoms. The molecule has 0 radical (unpaired) electrons. The smallest absolute Gasteiger partial charge is 0.343 e. The zero-order chi connectivity index (χ0) is 27.6. The zero-order valence-corrected chi connectivity index (χ0v) is 21.5. The van der Waals surface area contributed by atoms with E-state index in [1.807, 2.05) is 45.4 Å². The number of hydrogen-bond donors (Lipinski definition) is 2. The third-order valence-electron chi connectivity index (χ3n) is 6.51. The summed E-state index contributed by atoms with van der Waals surface area (Å²) in [5.41, 5.74) is 4.35. The number of rotatable bonds is 9. The highest BCUT2D eigenvalue weighted by Crippen LogP contribution is 2.24. The number of amides is 1. The molecule has 0 atom stereocenters. The van der Waals surface area contributed by atoms with Crippen LogP contribution in [0.5, 0.6) is 0 Å². The van der Waals surface area contributed by atoms with E-state index in [4.69, 9.17) is 4.98 Å². The van der Waals surface area contributed by atoms with E-state index in [-0.39, 0.29) is 0 Å². The number of carbonyl (C=O) groups is 1. The molecule has 0 bridgehead atoms. The zero-order valence-electron chi connectivity index (χ0n) is 21.5. The number of hydrogen-bond acceptors (Lipinski definition) is 8. The molecule has 10 nitrogen and oxygen atoms in total. The van der Waals surface area contributed by atoms with Gasteiger partial charge in [0.1, 0.15) is 5.82 Å². The second-order valence-corrected chi connectivity index (χ2v) is 9.89. The predicted molar refractivity (Wildman–Crippen MR) is 139 cm³/mol. The van der Waals surface area contributed by atoms with Crippen LogP contribution in [0.1, 0.15) is 31.7 Å². The number of alkyl halides is 3. The van der Waals surface area contributed by atoms with Crippen LogP contribution >= 0.6 is 0 Å². The molecule has 39 heavy (non-hydrogen) atoms. The molecule has 1 fully saturated rings. The van der Waals surface area contributed by atoms with E-state index in [0.717, 1.165) is 34.1 Å². The Kier molecular flexibility index (Phi) is 7.42. The number of anilines is 2. The van der Waals surface area contributed by atoms with Gasteiger partial charge in [-0.1, -0.05) is 13.8 Å². The minimum Gasteiger partial charge on any atom is -0.343 e. The maximum Gasteiger partial charge on any atom is 0.471 e. The molecule has 1 saturated heterocycles. The molecule has 1 aliphatic heterocycles. The van der Waals surface area contributed by atoms with Crippen LogP contribution in [0.3, 0.4) is 0 Å². The monoisotopic (exact) mass is 539 g/mol. The number of likely N-dealkylation sites (tertiary alicyclic amines) is 1. The van der Waals surface area contributed by atoms with Gasteiger partial charge in [0.15, 0.2) is 5.82 Å². The van der Waals surface area contributed by atoms with Crippen molar-refractivity contribution in [3.05, 3.63) is 54.6 Å². The number of halogens is 3. The van der Waals surface area contributed by atoms with Crippen LogP contribution in [-0.2, 0) is 11.3 Å². The summed E-state index contributed by atoms with van der Waals surface area (Å²) in [4.78, 5) is 22.2. The Morgan fingerprint density at radius 2 is 1.87 bits per heavy atom. The Bertz CT molecular complexity index is 1460. The van der Waals surface area contributed by atoms with Crippen molar-refractivity contribution in [3.63, 3.8) is 0 Å². The summed E-state index contributed by atoms with van der Waals surface area (Å²) in [6.45, 7) is 6.37. The molecular formula is C26H28F3N9O. The van der Waals surface area contributed by atoms with Crippen molar-refractivity contribution < 1.29 is 18.0 Å². The molecule has 0 unspecified atom stereocenters. The Hall–Kier alpha value is -4.13. The van der Waals surface area contributed by atoms with Crippen molar-refractivity contribution in [1.82, 2.24) is 40.2 Å². The summed E-state index contributed by atoms with van der Waals surface area (Å²) in [7, 11) is 0. The van der Waals surface area contributed by atoms with Crippen molar-refractivity contribution in [2.75, 3.05) is 25.0 Å². The van der Waals surface area contributed by atoms with Crippen LogP contribution in [0.2, 0.25) is 0 Å². The van der Waals surface area contributed by atoms with Crippen molar-refractivity contribution in [1.29, 1.82) is 0 Å². The molecule has 1 amide bonds. The molecule has 0 aliphatic carbocycles. The highest BCUT2D eigenvalue weighted by molar-refractivity contribution is 5.82. The third-order valence-corrected chi connectivity index (χ3v) is 6.51. The molecule has 5 rings (SSSR count). The lowest BCUT2D eigenvalue weighted by molar-refractivity contribution is -0.175. The van der Waals surface area contributed by atoms with E-state index in [9.17, 15) is 18.0 Å². The highest BCUT2D eigenvalue weighted by atomic mass is 19.4. The molecule has 0 spiro atoms. The maximum absolute atomic E-state index is 12.3. The molecule has 0 saturated carbocycles. The SMILES string of the molecule is CC(C)c1cnnc(Nc2ccc3ncc(-c4cnn(CCCN5CC(NC(=O)C(F)(F)F)C5)c4)cc3n2)c1. The van der Waals surface area contributed by atoms with E-state index in [1.165, 1.54) is 0 Å². The molecule has 0 aromatic carbocycles. The van der Waals surface area contributed by atoms with Crippen molar-refractivity contribution in [2.45, 2.75) is 44.9 Å². The first-order chi connectivity index (χ1) is 18.6. The highest BCUT2D eigenvalue weighted by Gasteiger charge is 2.41. The fourth-order valence-electron chi connectivity index (χ4n) is 4.33. The molecule has 5 heterocycles. The maximum atomic E-state index is 12.3. The quantitative estimate of drug-likeness (QED) is 0.329. The number of aromatic nitrogens is 6. The number of carbonyl (C=O) groups excluding carboxylic acids is 1. The minimum absolute atomic E-state index is 0.335. The third kappa shape index (κ3) is 6.48. The summed E-state index contributed by atoms with van der Waals surface area (Å²) in [5, 5.41) is 17.9. The second kappa shape index (κ2) is 10.9. The van der Waals surface area contributed by atoms with Crippen LogP contribution in [0.15, 0.2) is 49.1 Å². The van der Waals surface area contributed by atoms with E-state index in [2.05, 4.69) is 39.4 Å². The van der Waals surface area contributed by atoms with E-state index in [0.29, 0.717) is 43.7 Å². The van der Waals surface area contributed by atoms with Gasteiger partial charge in [0.25, 0.3) is 0 Å². The molecule has 1 aliphatic rings. The number of nitrogens with zero attached hydrogens (tertiary/aromatic N) is 7. The lowest BCUT2D eigenvalue weighted by Crippen LogP contribution is -2.61. The van der Waals surface area contributed by atoms with Crippen LogP contribution in [0.4, 0.5) is 24.8 Å². The molecular weight excluding hydrogens is 511 g/mol. The van der Waals surface area contributed by atoms with Gasteiger partial charge in [0, 0.05) is 49.7 Å². The number of nitrogens with one attached hydrogen (secondary N) is 2. The van der Waals surface area contributed by atoms with Gasteiger partial charge < -0.3 is 10.6 Å². The lowest BCUT2D eigenvalue weighted by Gasteiger charge is -2.39. The van der Waals surface area contributed by atoms with Crippen LogP contribution in [0.25, 0.3) is 22.2 Å². The first kappa shape index (κ1) is 26.5. The van der Waals surface area contributed by atoms with E-state index >= 15 is 0 Å². The van der Waals surface area contributed by atoms with Gasteiger partial charge in [0.05, 0.1) is 29.5 Å². The van der Waals surface area contributed by atoms with Gasteiger partial charge in [-0.2, -0.15) is 23.4 Å². The van der Waals surface area contributed by atoms with Gasteiger partial charge in [-0.25, -0.2) is 4.98 Å². The fraction of sp³-hybridized carbons (Fsp3) is 0.385. The van der Waals surface area contributed by atoms with Crippen LogP contribution in [-0.4, -0.2) is 72.6 Å². The average Bonchev–Trinajstić information content (AvgIpc) is 3.35. The average molecular weight is 540 g/mol. The van der Waals surface area contributed by atoms with Crippen LogP contribution in [0, 0.1) is 0 Å². The minimum atomic E-state index is -4.84. The standard InChI is InChI=1S/C26H28F3N9O/c1-16(2)17-9-24(36-31-11-17)35-23-5-4-21-22(34-23)8-18(10-30-21)19-12-32-38(13-19)7-3-6-37-14-20(15-37)33-25(39)26(27,28)29/h4-5,8-13,16,20H,3,6-7,14-15H2,1-2H3,(H,33,39)(H,34,35,36). The summed E-state index contributed by atoms with van der Waals surface area (Å²) in [6.07, 6.45) is 3.16. The first-order valence-electron chi connectivity index (χ1n) is 12.6. The summed E-state index contributed by atoms with van der Waals surface area (Å²) in [6, 6.07) is 7.20. The normalized spacial score (nSPS) is 14.5. The van der Waals surface area contributed by atoms with Gasteiger partial charge >= 0.3 is 12.1 Å². The Labute approximate surface area is 222 Å². The number of pyridine rings is 2. The van der Waals surface area contributed by atoms with Gasteiger partial charge in [-0.05, 0) is 42.2 Å². The second-order valence-electron chi connectivity index (χ2n) is 9.89. The van der Waals surface area contributed by atoms with E-state index < -0.39 is 18.1 Å². The summed E-state index contributed by atoms with van der Waals surface area (Å²) < 4.78 is 38.9. The molecule has 2 N–H and O–H groups in total. The number of aryl methyl sites for hydroxylation is 1. The molecule has 4 aromatic heterocycles. The summed E-state index contributed by atoms with van der Waals surface area (Å²) in [5.74, 6) is -0.285. The van der Waals surface area contributed by atoms with Crippen molar-refractivity contribution in [2.24, 2.45) is 0 Å². The predicted octanol–water partition coefficient (Wildman–Crippen LogP) is 3.90. The number of fused-ring (bicyclic) bond motifs is 1. The largest absolute Gasteiger partial charge is 0.471 e. The van der Waals surface area contributed by atoms with Crippen LogP contribution < -0.4 is 10.6 Å².